The van der Waals surface area contributed by atoms with E-state index in [9.17, 15) is 4.79 Å². The molecule has 0 saturated heterocycles. The Hall–Kier alpha value is -3.99. The zero-order chi connectivity index (χ0) is 22.9. The van der Waals surface area contributed by atoms with Gasteiger partial charge in [0, 0.05) is 30.7 Å². The van der Waals surface area contributed by atoms with Crippen molar-refractivity contribution >= 4 is 11.6 Å². The zero-order valence-corrected chi connectivity index (χ0v) is 19.1. The second-order valence-corrected chi connectivity index (χ2v) is 8.58. The molecule has 0 fully saturated rings. The van der Waals surface area contributed by atoms with Crippen LogP contribution in [0.1, 0.15) is 41.6 Å². The largest absolute Gasteiger partial charge is 0.273 e. The topological polar surface area (TPSA) is 50.5 Å². The number of hydrogen-bond donors (Lipinski definition) is 0. The number of nitrogens with zero attached hydrogens (tertiary/aromatic N) is 4. The number of aromatic nitrogens is 2. The Morgan fingerprint density at radius 1 is 0.848 bits per heavy atom. The molecule has 1 aromatic heterocycles. The van der Waals surface area contributed by atoms with Gasteiger partial charge in [-0.15, -0.1) is 0 Å². The van der Waals surface area contributed by atoms with Crippen molar-refractivity contribution in [2.45, 2.75) is 33.2 Å². The zero-order valence-electron chi connectivity index (χ0n) is 19.1. The van der Waals surface area contributed by atoms with Gasteiger partial charge in [-0.1, -0.05) is 77.9 Å². The van der Waals surface area contributed by atoms with Crippen LogP contribution in [-0.2, 0) is 4.79 Å². The molecule has 1 aliphatic rings. The maximum absolute atomic E-state index is 12.6. The summed E-state index contributed by atoms with van der Waals surface area (Å²) < 4.78 is 1.90. The molecule has 3 aromatic carbocycles. The Morgan fingerprint density at radius 2 is 1.45 bits per heavy atom. The molecular formula is C28H26N4O. The van der Waals surface area contributed by atoms with E-state index in [2.05, 4.69) is 62.4 Å². The highest BCUT2D eigenvalue weighted by molar-refractivity contribution is 6.03. The van der Waals surface area contributed by atoms with Gasteiger partial charge in [0.25, 0.3) is 0 Å². The number of benzene rings is 3. The van der Waals surface area contributed by atoms with E-state index >= 15 is 0 Å². The molecule has 0 radical (unpaired) electrons. The van der Waals surface area contributed by atoms with Crippen LogP contribution in [0.3, 0.4) is 0 Å². The molecule has 1 atom stereocenters. The van der Waals surface area contributed by atoms with E-state index in [1.165, 1.54) is 11.1 Å². The van der Waals surface area contributed by atoms with Crippen molar-refractivity contribution in [2.24, 2.45) is 5.10 Å². The summed E-state index contributed by atoms with van der Waals surface area (Å²) in [4.78, 5) is 12.6. The summed E-state index contributed by atoms with van der Waals surface area (Å²) in [5.74, 6) is -0.0792. The van der Waals surface area contributed by atoms with Gasteiger partial charge >= 0.3 is 0 Å². The molecule has 0 N–H and O–H groups in total. The van der Waals surface area contributed by atoms with Gasteiger partial charge in [0.2, 0.25) is 5.91 Å². The van der Waals surface area contributed by atoms with Crippen molar-refractivity contribution in [2.75, 3.05) is 0 Å². The predicted molar refractivity (Wildman–Crippen MR) is 131 cm³/mol. The predicted octanol–water partition coefficient (Wildman–Crippen LogP) is 5.85. The highest BCUT2D eigenvalue weighted by Crippen LogP contribution is 2.38. The van der Waals surface area contributed by atoms with Crippen LogP contribution >= 0.6 is 0 Å². The standard InChI is InChI=1S/C28H26N4O/c1-19-9-13-22(14-10-19)26-17-27(32(29-26)21(3)33)25-18-31(24-7-5-4-6-8-24)30-28(25)23-15-11-20(2)12-16-23/h4-16,18,27H,17H2,1-3H3/t27-/m0/s1. The number of aryl methyl sites for hydroxylation is 2. The van der Waals surface area contributed by atoms with Crippen LogP contribution in [0.4, 0.5) is 0 Å². The Morgan fingerprint density at radius 3 is 2.06 bits per heavy atom. The van der Waals surface area contributed by atoms with Gasteiger partial charge in [0.1, 0.15) is 0 Å². The summed E-state index contributed by atoms with van der Waals surface area (Å²) in [6, 6.07) is 26.5. The first-order chi connectivity index (χ1) is 16.0. The first kappa shape index (κ1) is 20.9. The number of carbonyl (C=O) groups excluding carboxylic acids is 1. The lowest BCUT2D eigenvalue weighted by atomic mass is 9.96. The van der Waals surface area contributed by atoms with Crippen molar-refractivity contribution in [1.82, 2.24) is 14.8 Å². The SMILES string of the molecule is CC(=O)N1N=C(c2ccc(C)cc2)C[C@H]1c1cn(-c2ccccc2)nc1-c1ccc(C)cc1. The molecule has 0 aliphatic carbocycles. The molecule has 2 heterocycles. The molecule has 0 saturated carbocycles. The molecule has 4 aromatic rings. The average Bonchev–Trinajstić information content (AvgIpc) is 3.46. The van der Waals surface area contributed by atoms with Crippen LogP contribution in [0.5, 0.6) is 0 Å². The lowest BCUT2D eigenvalue weighted by molar-refractivity contribution is -0.130. The van der Waals surface area contributed by atoms with Crippen molar-refractivity contribution in [3.05, 3.63) is 107 Å². The van der Waals surface area contributed by atoms with E-state index < -0.39 is 0 Å². The fourth-order valence-electron chi connectivity index (χ4n) is 4.24. The number of hydrazone groups is 1. The molecule has 1 aliphatic heterocycles. The monoisotopic (exact) mass is 434 g/mol. The van der Waals surface area contributed by atoms with Gasteiger partial charge in [-0.2, -0.15) is 10.2 Å². The van der Waals surface area contributed by atoms with Crippen LogP contribution in [0.25, 0.3) is 16.9 Å². The van der Waals surface area contributed by atoms with Gasteiger partial charge in [-0.05, 0) is 31.5 Å². The second-order valence-electron chi connectivity index (χ2n) is 8.58. The van der Waals surface area contributed by atoms with Crippen LogP contribution in [0.15, 0.2) is 90.2 Å². The van der Waals surface area contributed by atoms with Crippen molar-refractivity contribution in [3.8, 4) is 16.9 Å². The second kappa shape index (κ2) is 8.51. The number of amides is 1. The minimum absolute atomic E-state index is 0.0792. The minimum Gasteiger partial charge on any atom is -0.273 e. The summed E-state index contributed by atoms with van der Waals surface area (Å²) in [7, 11) is 0. The molecule has 1 amide bonds. The first-order valence-corrected chi connectivity index (χ1v) is 11.2. The first-order valence-electron chi connectivity index (χ1n) is 11.2. The van der Waals surface area contributed by atoms with Gasteiger partial charge < -0.3 is 0 Å². The minimum atomic E-state index is -0.215. The summed E-state index contributed by atoms with van der Waals surface area (Å²) >= 11 is 0. The fraction of sp³-hybridized carbons (Fsp3) is 0.179. The molecule has 33 heavy (non-hydrogen) atoms. The highest BCUT2D eigenvalue weighted by Gasteiger charge is 2.34. The molecule has 0 unspecified atom stereocenters. The molecular weight excluding hydrogens is 408 g/mol. The van der Waals surface area contributed by atoms with E-state index in [1.807, 2.05) is 41.2 Å². The van der Waals surface area contributed by atoms with Gasteiger partial charge in [0.05, 0.1) is 23.1 Å². The van der Waals surface area contributed by atoms with E-state index in [1.54, 1.807) is 11.9 Å². The van der Waals surface area contributed by atoms with Crippen LogP contribution in [0, 0.1) is 13.8 Å². The smallest absolute Gasteiger partial charge is 0.240 e. The number of rotatable bonds is 4. The molecule has 5 rings (SSSR count). The summed E-state index contributed by atoms with van der Waals surface area (Å²) in [5, 5.41) is 11.3. The molecule has 5 heteroatoms. The van der Waals surface area contributed by atoms with E-state index in [0.29, 0.717) is 6.42 Å². The third-order valence-corrected chi connectivity index (χ3v) is 6.07. The quantitative estimate of drug-likeness (QED) is 0.404. The van der Waals surface area contributed by atoms with Gasteiger partial charge in [-0.25, -0.2) is 9.69 Å². The number of para-hydroxylation sites is 1. The Labute approximate surface area is 194 Å². The lowest BCUT2D eigenvalue weighted by Crippen LogP contribution is -2.24. The molecule has 164 valence electrons. The Balaban J connectivity index is 1.61. The van der Waals surface area contributed by atoms with Crippen molar-refractivity contribution in [3.63, 3.8) is 0 Å². The maximum Gasteiger partial charge on any atom is 0.240 e. The number of carbonyl (C=O) groups is 1. The van der Waals surface area contributed by atoms with Crippen molar-refractivity contribution in [1.29, 1.82) is 0 Å². The Bertz CT molecular complexity index is 1320. The van der Waals surface area contributed by atoms with Crippen LogP contribution in [-0.4, -0.2) is 26.4 Å². The normalized spacial score (nSPS) is 15.5. The van der Waals surface area contributed by atoms with Gasteiger partial charge in [0.15, 0.2) is 0 Å². The summed E-state index contributed by atoms with van der Waals surface area (Å²) in [5.41, 5.74) is 8.21. The summed E-state index contributed by atoms with van der Waals surface area (Å²) in [6.07, 6.45) is 2.68. The molecule has 0 spiro atoms. The summed E-state index contributed by atoms with van der Waals surface area (Å²) in [6.45, 7) is 5.71. The van der Waals surface area contributed by atoms with Crippen molar-refractivity contribution < 1.29 is 4.79 Å². The van der Waals surface area contributed by atoms with E-state index in [-0.39, 0.29) is 11.9 Å². The van der Waals surface area contributed by atoms with Crippen LogP contribution < -0.4 is 0 Å². The molecule has 0 bridgehead atoms. The highest BCUT2D eigenvalue weighted by atomic mass is 16.2. The third kappa shape index (κ3) is 4.10. The number of hydrogen-bond acceptors (Lipinski definition) is 3. The van der Waals surface area contributed by atoms with Gasteiger partial charge in [-0.3, -0.25) is 4.79 Å². The maximum atomic E-state index is 12.6. The van der Waals surface area contributed by atoms with E-state index in [4.69, 9.17) is 10.2 Å². The Kier molecular flexibility index (Phi) is 5.38. The third-order valence-electron chi connectivity index (χ3n) is 6.07. The lowest BCUT2D eigenvalue weighted by Gasteiger charge is -2.20. The van der Waals surface area contributed by atoms with E-state index in [0.717, 1.165) is 33.8 Å². The fourth-order valence-corrected chi connectivity index (χ4v) is 4.24. The molecule has 5 nitrogen and oxygen atoms in total. The van der Waals surface area contributed by atoms with Crippen LogP contribution in [0.2, 0.25) is 0 Å². The average molecular weight is 435 g/mol.